The van der Waals surface area contributed by atoms with Gasteiger partial charge in [-0.25, -0.2) is 0 Å². The van der Waals surface area contributed by atoms with Gasteiger partial charge in [0.2, 0.25) is 0 Å². The molecule has 2 unspecified atom stereocenters. The molecule has 0 aromatic carbocycles. The van der Waals surface area contributed by atoms with Gasteiger partial charge >= 0.3 is 6.18 Å². The zero-order valence-corrected chi connectivity index (χ0v) is 9.63. The van der Waals surface area contributed by atoms with Gasteiger partial charge in [0.25, 0.3) is 0 Å². The van der Waals surface area contributed by atoms with Gasteiger partial charge in [0.05, 0.1) is 6.42 Å². The lowest BCUT2D eigenvalue weighted by molar-refractivity contribution is -0.148. The number of nitrogens with zero attached hydrogens (tertiary/aromatic N) is 2. The first kappa shape index (κ1) is 12.2. The molecule has 0 radical (unpaired) electrons. The summed E-state index contributed by atoms with van der Waals surface area (Å²) in [6, 6.07) is 0.132. The third kappa shape index (κ3) is 2.88. The SMILES string of the molecule is CC(CC(F)(F)F)N1CCN2CCCC2C1. The Morgan fingerprint density at radius 2 is 2.00 bits per heavy atom. The maximum atomic E-state index is 12.3. The fourth-order valence-corrected chi connectivity index (χ4v) is 2.88. The van der Waals surface area contributed by atoms with Crippen LogP contribution in [0.3, 0.4) is 0 Å². The Bertz CT molecular complexity index is 242. The summed E-state index contributed by atoms with van der Waals surface area (Å²) in [5.41, 5.74) is 0. The van der Waals surface area contributed by atoms with Gasteiger partial charge < -0.3 is 0 Å². The molecule has 2 aliphatic rings. The molecule has 2 fully saturated rings. The minimum Gasteiger partial charge on any atom is -0.298 e. The zero-order chi connectivity index (χ0) is 11.8. The van der Waals surface area contributed by atoms with Crippen molar-refractivity contribution in [3.63, 3.8) is 0 Å². The van der Waals surface area contributed by atoms with Gasteiger partial charge in [0.15, 0.2) is 0 Å². The maximum absolute atomic E-state index is 12.3. The highest BCUT2D eigenvalue weighted by molar-refractivity contribution is 4.88. The Kier molecular flexibility index (Phi) is 3.45. The van der Waals surface area contributed by atoms with Crippen LogP contribution >= 0.6 is 0 Å². The Hall–Kier alpha value is -0.290. The van der Waals surface area contributed by atoms with E-state index in [0.29, 0.717) is 6.04 Å². The summed E-state index contributed by atoms with van der Waals surface area (Å²) in [4.78, 5) is 4.41. The first-order valence-electron chi connectivity index (χ1n) is 6.00. The summed E-state index contributed by atoms with van der Waals surface area (Å²) in [6.45, 7) is 5.36. The Morgan fingerprint density at radius 1 is 1.25 bits per heavy atom. The molecule has 0 bridgehead atoms. The molecule has 2 nitrogen and oxygen atoms in total. The van der Waals surface area contributed by atoms with Gasteiger partial charge in [0, 0.05) is 31.7 Å². The van der Waals surface area contributed by atoms with Crippen LogP contribution in [0.2, 0.25) is 0 Å². The minimum absolute atomic E-state index is 0.372. The predicted molar refractivity (Wildman–Crippen MR) is 56.3 cm³/mol. The van der Waals surface area contributed by atoms with Crippen LogP contribution < -0.4 is 0 Å². The zero-order valence-electron chi connectivity index (χ0n) is 9.63. The number of hydrogen-bond donors (Lipinski definition) is 0. The topological polar surface area (TPSA) is 6.48 Å². The quantitative estimate of drug-likeness (QED) is 0.724. The molecule has 16 heavy (non-hydrogen) atoms. The van der Waals surface area contributed by atoms with Crippen LogP contribution in [0, 0.1) is 0 Å². The number of hydrogen-bond acceptors (Lipinski definition) is 2. The van der Waals surface area contributed by atoms with E-state index < -0.39 is 12.6 Å². The second kappa shape index (κ2) is 4.53. The highest BCUT2D eigenvalue weighted by Crippen LogP contribution is 2.27. The van der Waals surface area contributed by atoms with E-state index in [1.165, 1.54) is 6.42 Å². The monoisotopic (exact) mass is 236 g/mol. The van der Waals surface area contributed by atoms with Crippen LogP contribution in [0.4, 0.5) is 13.2 Å². The van der Waals surface area contributed by atoms with Crippen molar-refractivity contribution < 1.29 is 13.2 Å². The molecule has 0 amide bonds. The summed E-state index contributed by atoms with van der Waals surface area (Å²) < 4.78 is 36.9. The largest absolute Gasteiger partial charge is 0.390 e. The lowest BCUT2D eigenvalue weighted by Crippen LogP contribution is -2.53. The van der Waals surface area contributed by atoms with Crippen molar-refractivity contribution in [1.82, 2.24) is 9.80 Å². The molecule has 0 aliphatic carbocycles. The average Bonchev–Trinajstić information content (AvgIpc) is 2.61. The lowest BCUT2D eigenvalue weighted by Gasteiger charge is -2.40. The average molecular weight is 236 g/mol. The smallest absolute Gasteiger partial charge is 0.298 e. The van der Waals surface area contributed by atoms with Crippen molar-refractivity contribution in [3.8, 4) is 0 Å². The van der Waals surface area contributed by atoms with Gasteiger partial charge in [-0.15, -0.1) is 0 Å². The molecule has 0 N–H and O–H groups in total. The molecule has 5 heteroatoms. The van der Waals surface area contributed by atoms with Crippen molar-refractivity contribution >= 4 is 0 Å². The second-order valence-corrected chi connectivity index (χ2v) is 5.00. The van der Waals surface area contributed by atoms with Crippen LogP contribution in [-0.2, 0) is 0 Å². The summed E-state index contributed by atoms with van der Waals surface area (Å²) >= 11 is 0. The standard InChI is InChI=1S/C11H19F3N2/c1-9(7-11(12,13)14)16-6-5-15-4-2-3-10(15)8-16/h9-10H,2-8H2,1H3. The highest BCUT2D eigenvalue weighted by atomic mass is 19.4. The predicted octanol–water partition coefficient (Wildman–Crippen LogP) is 2.11. The molecule has 2 rings (SSSR count). The molecule has 2 heterocycles. The van der Waals surface area contributed by atoms with Crippen molar-refractivity contribution in [2.75, 3.05) is 26.2 Å². The second-order valence-electron chi connectivity index (χ2n) is 5.00. The first-order chi connectivity index (χ1) is 7.46. The first-order valence-corrected chi connectivity index (χ1v) is 6.00. The van der Waals surface area contributed by atoms with Crippen LogP contribution in [0.5, 0.6) is 0 Å². The molecule has 2 atom stereocenters. The molecule has 2 saturated heterocycles. The molecule has 0 aromatic heterocycles. The van der Waals surface area contributed by atoms with E-state index >= 15 is 0 Å². The van der Waals surface area contributed by atoms with E-state index in [0.717, 1.165) is 32.6 Å². The van der Waals surface area contributed by atoms with Crippen LogP contribution in [-0.4, -0.2) is 54.2 Å². The number of piperazine rings is 1. The van der Waals surface area contributed by atoms with Crippen molar-refractivity contribution in [1.29, 1.82) is 0 Å². The summed E-state index contributed by atoms with van der Waals surface area (Å²) in [5, 5.41) is 0. The normalized spacial score (nSPS) is 30.4. The molecule has 0 saturated carbocycles. The highest BCUT2D eigenvalue weighted by Gasteiger charge is 2.36. The van der Waals surface area contributed by atoms with Crippen molar-refractivity contribution in [2.24, 2.45) is 0 Å². The molecule has 2 aliphatic heterocycles. The lowest BCUT2D eigenvalue weighted by atomic mass is 10.1. The number of fused-ring (bicyclic) bond motifs is 1. The molecule has 94 valence electrons. The van der Waals surface area contributed by atoms with Gasteiger partial charge in [-0.3, -0.25) is 9.80 Å². The van der Waals surface area contributed by atoms with Crippen molar-refractivity contribution in [2.45, 2.75) is 44.4 Å². The fourth-order valence-electron chi connectivity index (χ4n) is 2.88. The van der Waals surface area contributed by atoms with E-state index in [2.05, 4.69) is 4.90 Å². The Balaban J connectivity index is 1.86. The number of rotatable bonds is 2. The summed E-state index contributed by atoms with van der Waals surface area (Å²) in [7, 11) is 0. The number of alkyl halides is 3. The summed E-state index contributed by atoms with van der Waals surface area (Å²) in [5.74, 6) is 0. The van der Waals surface area contributed by atoms with Gasteiger partial charge in [0.1, 0.15) is 0 Å². The third-order valence-electron chi connectivity index (χ3n) is 3.77. The van der Waals surface area contributed by atoms with E-state index in [-0.39, 0.29) is 6.04 Å². The molecule has 0 aromatic rings. The van der Waals surface area contributed by atoms with Gasteiger partial charge in [-0.05, 0) is 26.3 Å². The van der Waals surface area contributed by atoms with E-state index in [9.17, 15) is 13.2 Å². The summed E-state index contributed by atoms with van der Waals surface area (Å²) in [6.07, 6.45) is -2.37. The van der Waals surface area contributed by atoms with E-state index in [4.69, 9.17) is 0 Å². The maximum Gasteiger partial charge on any atom is 0.390 e. The minimum atomic E-state index is -4.04. The Morgan fingerprint density at radius 3 is 2.69 bits per heavy atom. The van der Waals surface area contributed by atoms with E-state index in [1.807, 2.05) is 4.90 Å². The molecular formula is C11H19F3N2. The third-order valence-corrected chi connectivity index (χ3v) is 3.77. The van der Waals surface area contributed by atoms with E-state index in [1.54, 1.807) is 6.92 Å². The fraction of sp³-hybridized carbons (Fsp3) is 1.00. The van der Waals surface area contributed by atoms with Crippen LogP contribution in [0.1, 0.15) is 26.2 Å². The van der Waals surface area contributed by atoms with Crippen molar-refractivity contribution in [3.05, 3.63) is 0 Å². The molecule has 0 spiro atoms. The Labute approximate surface area is 94.4 Å². The van der Waals surface area contributed by atoms with Gasteiger partial charge in [-0.1, -0.05) is 0 Å². The number of halogens is 3. The van der Waals surface area contributed by atoms with Crippen LogP contribution in [0.25, 0.3) is 0 Å². The van der Waals surface area contributed by atoms with Gasteiger partial charge in [-0.2, -0.15) is 13.2 Å². The molecular weight excluding hydrogens is 217 g/mol. The van der Waals surface area contributed by atoms with Crippen LogP contribution in [0.15, 0.2) is 0 Å².